The van der Waals surface area contributed by atoms with Crippen LogP contribution in [0.25, 0.3) is 22.4 Å². The first kappa shape index (κ1) is 22.2. The van der Waals surface area contributed by atoms with Crippen molar-refractivity contribution < 1.29 is 4.79 Å². The molecule has 1 atom stereocenters. The van der Waals surface area contributed by atoms with Crippen LogP contribution in [0.5, 0.6) is 0 Å². The number of piperidine rings is 2. The number of para-hydroxylation sites is 2. The molecule has 5 rings (SSSR count). The van der Waals surface area contributed by atoms with Crippen molar-refractivity contribution in [3.05, 3.63) is 47.5 Å². The Morgan fingerprint density at radius 1 is 1.09 bits per heavy atom. The third-order valence-corrected chi connectivity index (χ3v) is 7.57. The number of imidazole rings is 1. The van der Waals surface area contributed by atoms with Crippen LogP contribution in [-0.4, -0.2) is 72.0 Å². The topological polar surface area (TPSA) is 55.5 Å². The fourth-order valence-corrected chi connectivity index (χ4v) is 5.45. The van der Waals surface area contributed by atoms with Crippen LogP contribution in [0.2, 0.25) is 5.02 Å². The highest BCUT2D eigenvalue weighted by molar-refractivity contribution is 6.33. The van der Waals surface area contributed by atoms with Crippen LogP contribution in [-0.2, 0) is 4.79 Å². The van der Waals surface area contributed by atoms with Crippen LogP contribution in [0, 0.1) is 5.92 Å². The van der Waals surface area contributed by atoms with Gasteiger partial charge in [-0.25, -0.2) is 4.98 Å². The van der Waals surface area contributed by atoms with Gasteiger partial charge in [0.05, 0.1) is 22.0 Å². The number of amides is 1. The molecule has 0 spiro atoms. The second kappa shape index (κ2) is 9.35. The predicted molar refractivity (Wildman–Crippen MR) is 135 cm³/mol. The molecule has 2 aliphatic heterocycles. The fraction of sp³-hybridized carbons (Fsp3) is 0.462. The van der Waals surface area contributed by atoms with E-state index in [9.17, 15) is 4.79 Å². The lowest BCUT2D eigenvalue weighted by Gasteiger charge is -2.39. The van der Waals surface area contributed by atoms with Gasteiger partial charge in [0.15, 0.2) is 0 Å². The number of fused-ring (bicyclic) bond motifs is 1. The number of carbonyl (C=O) groups excluding carboxylic acids is 1. The normalized spacial score (nSPS) is 20.1. The number of rotatable bonds is 4. The number of benzene rings is 2. The lowest BCUT2D eigenvalue weighted by Crippen LogP contribution is -2.49. The average Bonchev–Trinajstić information content (AvgIpc) is 3.28. The molecule has 0 aliphatic carbocycles. The van der Waals surface area contributed by atoms with E-state index in [1.807, 2.05) is 30.3 Å². The maximum Gasteiger partial charge on any atom is 0.227 e. The summed E-state index contributed by atoms with van der Waals surface area (Å²) in [7, 11) is 4.26. The molecule has 3 heterocycles. The number of halogens is 1. The molecule has 3 aromatic rings. The largest absolute Gasteiger partial charge is 0.371 e. The zero-order chi connectivity index (χ0) is 22.9. The van der Waals surface area contributed by atoms with E-state index in [2.05, 4.69) is 45.9 Å². The smallest absolute Gasteiger partial charge is 0.227 e. The SMILES string of the molecule is CN(C)C1CCN(C(=O)[C@H]2CCCN(c3ccc(Cl)c(-c4nc5ccccc5[nH]4)c3)C2)CC1. The number of nitrogens with one attached hydrogen (secondary N) is 1. The highest BCUT2D eigenvalue weighted by Crippen LogP contribution is 2.33. The standard InChI is InChI=1S/C26H32ClN5O/c1-30(2)19-11-14-31(15-12-19)26(33)18-6-5-13-32(17-18)20-9-10-22(27)21(16-20)25-28-23-7-3-4-8-24(23)29-25/h3-4,7-10,16,18-19H,5-6,11-15,17H2,1-2H3,(H,28,29)/t18-/m0/s1. The molecular weight excluding hydrogens is 434 g/mol. The van der Waals surface area contributed by atoms with Crippen molar-refractivity contribution in [2.24, 2.45) is 5.92 Å². The minimum Gasteiger partial charge on any atom is -0.371 e. The van der Waals surface area contributed by atoms with Crippen LogP contribution in [0.3, 0.4) is 0 Å². The summed E-state index contributed by atoms with van der Waals surface area (Å²) in [5.41, 5.74) is 3.91. The van der Waals surface area contributed by atoms with E-state index in [4.69, 9.17) is 16.6 Å². The van der Waals surface area contributed by atoms with E-state index < -0.39 is 0 Å². The van der Waals surface area contributed by atoms with Crippen LogP contribution >= 0.6 is 11.6 Å². The van der Waals surface area contributed by atoms with Gasteiger partial charge in [0.1, 0.15) is 5.82 Å². The summed E-state index contributed by atoms with van der Waals surface area (Å²) in [5, 5.41) is 0.672. The molecule has 0 unspecified atom stereocenters. The Labute approximate surface area is 200 Å². The number of anilines is 1. The van der Waals surface area contributed by atoms with E-state index in [-0.39, 0.29) is 5.92 Å². The van der Waals surface area contributed by atoms with Crippen LogP contribution in [0.1, 0.15) is 25.7 Å². The Balaban J connectivity index is 1.31. The number of hydrogen-bond donors (Lipinski definition) is 1. The maximum atomic E-state index is 13.3. The minimum absolute atomic E-state index is 0.0555. The first-order chi connectivity index (χ1) is 16.0. The second-order valence-corrected chi connectivity index (χ2v) is 9.98. The Hall–Kier alpha value is -2.57. The van der Waals surface area contributed by atoms with E-state index in [1.165, 1.54) is 0 Å². The molecule has 2 aromatic carbocycles. The van der Waals surface area contributed by atoms with Crippen LogP contribution in [0.4, 0.5) is 5.69 Å². The monoisotopic (exact) mass is 465 g/mol. The van der Waals surface area contributed by atoms with Gasteiger partial charge in [-0.1, -0.05) is 23.7 Å². The van der Waals surface area contributed by atoms with Crippen molar-refractivity contribution in [2.75, 3.05) is 45.2 Å². The van der Waals surface area contributed by atoms with Crippen molar-refractivity contribution in [2.45, 2.75) is 31.7 Å². The van der Waals surface area contributed by atoms with E-state index in [0.29, 0.717) is 17.0 Å². The molecule has 0 bridgehead atoms. The van der Waals surface area contributed by atoms with Crippen LogP contribution in [0.15, 0.2) is 42.5 Å². The summed E-state index contributed by atoms with van der Waals surface area (Å²) >= 11 is 6.57. The third-order valence-electron chi connectivity index (χ3n) is 7.24. The van der Waals surface area contributed by atoms with Gasteiger partial charge in [-0.05, 0) is 70.1 Å². The van der Waals surface area contributed by atoms with Gasteiger partial charge < -0.3 is 19.7 Å². The highest BCUT2D eigenvalue weighted by atomic mass is 35.5. The summed E-state index contributed by atoms with van der Waals surface area (Å²) in [6, 6.07) is 14.7. The average molecular weight is 466 g/mol. The molecule has 0 saturated carbocycles. The second-order valence-electron chi connectivity index (χ2n) is 9.57. The summed E-state index contributed by atoms with van der Waals surface area (Å²) in [5.74, 6) is 1.15. The summed E-state index contributed by atoms with van der Waals surface area (Å²) in [6.45, 7) is 3.45. The lowest BCUT2D eigenvalue weighted by molar-refractivity contribution is -0.137. The van der Waals surface area contributed by atoms with Crippen LogP contribution < -0.4 is 4.90 Å². The van der Waals surface area contributed by atoms with E-state index >= 15 is 0 Å². The number of nitrogens with zero attached hydrogens (tertiary/aromatic N) is 4. The van der Waals surface area contributed by atoms with Gasteiger partial charge >= 0.3 is 0 Å². The number of likely N-dealkylation sites (tertiary alicyclic amines) is 1. The summed E-state index contributed by atoms with van der Waals surface area (Å²) < 4.78 is 0. The van der Waals surface area contributed by atoms with Gasteiger partial charge in [0, 0.05) is 43.5 Å². The van der Waals surface area contributed by atoms with Crippen molar-refractivity contribution in [1.82, 2.24) is 19.8 Å². The number of aromatic nitrogens is 2. The molecule has 1 N–H and O–H groups in total. The first-order valence-corrected chi connectivity index (χ1v) is 12.3. The van der Waals surface area contributed by atoms with Gasteiger partial charge in [-0.3, -0.25) is 4.79 Å². The quantitative estimate of drug-likeness (QED) is 0.609. The molecule has 33 heavy (non-hydrogen) atoms. The molecule has 0 radical (unpaired) electrons. The molecule has 2 aliphatic rings. The molecule has 1 aromatic heterocycles. The molecule has 1 amide bonds. The summed E-state index contributed by atoms with van der Waals surface area (Å²) in [4.78, 5) is 28.1. The summed E-state index contributed by atoms with van der Waals surface area (Å²) in [6.07, 6.45) is 4.11. The molecule has 6 nitrogen and oxygen atoms in total. The Bertz CT molecular complexity index is 1100. The van der Waals surface area contributed by atoms with Gasteiger partial charge in [-0.2, -0.15) is 0 Å². The Kier molecular flexibility index (Phi) is 6.30. The molecule has 2 saturated heterocycles. The molecule has 2 fully saturated rings. The van der Waals surface area contributed by atoms with E-state index in [0.717, 1.165) is 80.0 Å². The fourth-order valence-electron chi connectivity index (χ4n) is 5.25. The maximum absolute atomic E-state index is 13.3. The number of hydrogen-bond acceptors (Lipinski definition) is 4. The van der Waals surface area contributed by atoms with Gasteiger partial charge in [-0.15, -0.1) is 0 Å². The molecule has 7 heteroatoms. The van der Waals surface area contributed by atoms with Gasteiger partial charge in [0.25, 0.3) is 0 Å². The Morgan fingerprint density at radius 2 is 1.88 bits per heavy atom. The number of H-pyrrole nitrogens is 1. The predicted octanol–water partition coefficient (Wildman–Crippen LogP) is 4.65. The first-order valence-electron chi connectivity index (χ1n) is 11.9. The Morgan fingerprint density at radius 3 is 2.64 bits per heavy atom. The van der Waals surface area contributed by atoms with Gasteiger partial charge in [0.2, 0.25) is 5.91 Å². The number of carbonyl (C=O) groups is 1. The zero-order valence-corrected chi connectivity index (χ0v) is 20.2. The molecule has 174 valence electrons. The lowest BCUT2D eigenvalue weighted by atomic mass is 9.94. The zero-order valence-electron chi connectivity index (χ0n) is 19.4. The third kappa shape index (κ3) is 4.59. The van der Waals surface area contributed by atoms with Crippen molar-refractivity contribution in [3.8, 4) is 11.4 Å². The molecular formula is C26H32ClN5O. The van der Waals surface area contributed by atoms with Crippen molar-refractivity contribution >= 4 is 34.2 Å². The highest BCUT2D eigenvalue weighted by Gasteiger charge is 2.32. The van der Waals surface area contributed by atoms with E-state index in [1.54, 1.807) is 0 Å². The minimum atomic E-state index is 0.0555. The van der Waals surface area contributed by atoms with Crippen molar-refractivity contribution in [1.29, 1.82) is 0 Å². The van der Waals surface area contributed by atoms with Crippen molar-refractivity contribution in [3.63, 3.8) is 0 Å². The number of aromatic amines is 1.